The molecule has 0 aliphatic carbocycles. The number of nitrogens with zero attached hydrogens (tertiary/aromatic N) is 5. The molecule has 2 saturated heterocycles. The fourth-order valence-corrected chi connectivity index (χ4v) is 4.95. The first-order chi connectivity index (χ1) is 18.9. The van der Waals surface area contributed by atoms with E-state index in [1.165, 1.54) is 29.2 Å². The molecular weight excluding hydrogens is 523 g/mol. The Morgan fingerprint density at radius 2 is 1.71 bits per heavy atom. The predicted octanol–water partition coefficient (Wildman–Crippen LogP) is 4.02. The number of fused-ring (bicyclic) bond motifs is 1. The van der Waals surface area contributed by atoms with E-state index in [4.69, 9.17) is 4.11 Å². The van der Waals surface area contributed by atoms with Crippen molar-refractivity contribution in [1.82, 2.24) is 29.7 Å². The second-order valence-electron chi connectivity index (χ2n) is 9.46. The van der Waals surface area contributed by atoms with Gasteiger partial charge in [-0.1, -0.05) is 12.1 Å². The Kier molecular flexibility index (Phi) is 5.29. The summed E-state index contributed by atoms with van der Waals surface area (Å²) >= 11 is 0. The second kappa shape index (κ2) is 8.99. The highest BCUT2D eigenvalue weighted by atomic mass is 19.4. The lowest BCUT2D eigenvalue weighted by Gasteiger charge is -2.61. The predicted molar refractivity (Wildman–Crippen MR) is 121 cm³/mol. The molecule has 1 aromatic carbocycles. The van der Waals surface area contributed by atoms with Gasteiger partial charge in [0.1, 0.15) is 11.6 Å². The molecule has 2 aliphatic rings. The number of likely N-dealkylation sites (tertiary alicyclic amines) is 2. The first-order valence-corrected chi connectivity index (χ1v) is 11.3. The van der Waals surface area contributed by atoms with Crippen LogP contribution in [0, 0.1) is 11.2 Å². The molecule has 15 heteroatoms. The number of alkyl halides is 6. The van der Waals surface area contributed by atoms with Gasteiger partial charge in [0.05, 0.1) is 6.04 Å². The van der Waals surface area contributed by atoms with Crippen LogP contribution in [-0.4, -0.2) is 70.1 Å². The Balaban J connectivity index is 1.36. The summed E-state index contributed by atoms with van der Waals surface area (Å²) in [6, 6.07) is 5.08. The highest BCUT2D eigenvalue weighted by molar-refractivity contribution is 5.75. The summed E-state index contributed by atoms with van der Waals surface area (Å²) in [7, 11) is 0. The zero-order valence-corrected chi connectivity index (χ0v) is 19.4. The smallest absolute Gasteiger partial charge is 0.368 e. The summed E-state index contributed by atoms with van der Waals surface area (Å²) in [5.41, 5.74) is -3.22. The minimum absolute atomic E-state index is 0.0947. The molecule has 5 rings (SSSR count). The van der Waals surface area contributed by atoms with Crippen LogP contribution in [-0.2, 0) is 12.4 Å². The highest BCUT2D eigenvalue weighted by Gasteiger charge is 2.54. The van der Waals surface area contributed by atoms with Crippen LogP contribution in [0.15, 0.2) is 36.4 Å². The molecule has 0 unspecified atom stereocenters. The van der Waals surface area contributed by atoms with Crippen LogP contribution < -0.4 is 10.6 Å². The molecule has 204 valence electrons. The maximum absolute atomic E-state index is 13.6. The third-order valence-electron chi connectivity index (χ3n) is 6.70. The molecule has 8 nitrogen and oxygen atoms in total. The Hall–Kier alpha value is -3.62. The van der Waals surface area contributed by atoms with E-state index in [2.05, 4.69) is 15.4 Å². The zero-order valence-electron chi connectivity index (χ0n) is 22.4. The minimum Gasteiger partial charge on any atom is -0.368 e. The molecule has 38 heavy (non-hydrogen) atoms. The SMILES string of the molecule is [2H]C([2H])([2H])NC(=O)N1CC2(C1)CN([C@H](CNc1cc(C(F)(F)F)nc3cc(C(F)(F)F)nn13)c1ccc(F)cc1)C2. The number of carbonyl (C=O) groups excluding carboxylic acids is 1. The van der Waals surface area contributed by atoms with Crippen LogP contribution in [0.4, 0.5) is 41.3 Å². The van der Waals surface area contributed by atoms with Crippen molar-refractivity contribution in [2.45, 2.75) is 18.4 Å². The third-order valence-corrected chi connectivity index (χ3v) is 6.70. The maximum atomic E-state index is 13.6. The molecule has 2 aromatic heterocycles. The molecule has 1 atom stereocenters. The van der Waals surface area contributed by atoms with Gasteiger partial charge in [-0.25, -0.2) is 14.2 Å². The van der Waals surface area contributed by atoms with Crippen molar-refractivity contribution in [1.29, 1.82) is 0 Å². The van der Waals surface area contributed by atoms with Crippen molar-refractivity contribution >= 4 is 17.5 Å². The summed E-state index contributed by atoms with van der Waals surface area (Å²) in [6.45, 7) is -1.32. The van der Waals surface area contributed by atoms with E-state index in [0.29, 0.717) is 35.3 Å². The summed E-state index contributed by atoms with van der Waals surface area (Å²) < 4.78 is 116. The molecule has 2 amide bonds. The Morgan fingerprint density at radius 1 is 1.05 bits per heavy atom. The van der Waals surface area contributed by atoms with Crippen molar-refractivity contribution in [3.8, 4) is 0 Å². The van der Waals surface area contributed by atoms with Gasteiger partial charge in [0.2, 0.25) is 0 Å². The highest BCUT2D eigenvalue weighted by Crippen LogP contribution is 2.43. The number of hydrogen-bond donors (Lipinski definition) is 2. The van der Waals surface area contributed by atoms with Gasteiger partial charge in [-0.2, -0.15) is 36.0 Å². The van der Waals surface area contributed by atoms with E-state index in [1.54, 1.807) is 0 Å². The lowest BCUT2D eigenvalue weighted by Crippen LogP contribution is -2.74. The summed E-state index contributed by atoms with van der Waals surface area (Å²) in [5, 5.41) is 8.08. The number of anilines is 1. The van der Waals surface area contributed by atoms with Crippen LogP contribution in [0.3, 0.4) is 0 Å². The molecule has 2 fully saturated rings. The quantitative estimate of drug-likeness (QED) is 0.472. The number of aromatic nitrogens is 3. The van der Waals surface area contributed by atoms with Crippen LogP contribution in [0.2, 0.25) is 0 Å². The van der Waals surface area contributed by atoms with Gasteiger partial charge < -0.3 is 15.5 Å². The maximum Gasteiger partial charge on any atom is 0.435 e. The Morgan fingerprint density at radius 3 is 2.32 bits per heavy atom. The lowest BCUT2D eigenvalue weighted by molar-refractivity contribution is -0.142. The Bertz CT molecular complexity index is 1440. The first kappa shape index (κ1) is 22.4. The average molecular weight is 548 g/mol. The zero-order chi connectivity index (χ0) is 30.0. The van der Waals surface area contributed by atoms with Crippen molar-refractivity contribution in [3.05, 3.63) is 59.2 Å². The van der Waals surface area contributed by atoms with E-state index in [1.807, 2.05) is 10.2 Å². The topological polar surface area (TPSA) is 77.8 Å². The number of halogens is 7. The van der Waals surface area contributed by atoms with Gasteiger partial charge in [-0.15, -0.1) is 0 Å². The van der Waals surface area contributed by atoms with Gasteiger partial charge in [-0.3, -0.25) is 4.90 Å². The first-order valence-electron chi connectivity index (χ1n) is 12.8. The molecular formula is C23H22F7N7O. The number of amides is 2. The number of nitrogens with one attached hydrogen (secondary N) is 2. The van der Waals surface area contributed by atoms with Gasteiger partial charge in [0, 0.05) is 61.4 Å². The standard InChI is InChI=1S/C23H22F7N7O/c1-31-20(38)36-11-21(12-36)9-35(10-21)15(13-2-4-14(24)5-3-13)8-32-18-6-16(22(25,26)27)33-19-7-17(23(28,29)30)34-37(18)19/h2-7,15,32H,8-12H2,1H3,(H,31,38)/t15-/m1/s1/i1D3. The van der Waals surface area contributed by atoms with Crippen molar-refractivity contribution in [2.24, 2.45) is 5.41 Å². The lowest BCUT2D eigenvalue weighted by atomic mass is 9.72. The van der Waals surface area contributed by atoms with E-state index < -0.39 is 54.3 Å². The summed E-state index contributed by atoms with van der Waals surface area (Å²) in [6.07, 6.45) is -9.86. The van der Waals surface area contributed by atoms with Crippen LogP contribution in [0.25, 0.3) is 5.65 Å². The molecule has 0 radical (unpaired) electrons. The number of rotatable bonds is 5. The molecule has 2 aliphatic heterocycles. The van der Waals surface area contributed by atoms with Gasteiger partial charge in [-0.05, 0) is 17.7 Å². The largest absolute Gasteiger partial charge is 0.435 e. The molecule has 3 aromatic rings. The van der Waals surface area contributed by atoms with Crippen molar-refractivity contribution in [2.75, 3.05) is 45.0 Å². The number of benzene rings is 1. The molecule has 0 saturated carbocycles. The second-order valence-corrected chi connectivity index (χ2v) is 9.46. The summed E-state index contributed by atoms with van der Waals surface area (Å²) in [5.74, 6) is -0.895. The monoisotopic (exact) mass is 548 g/mol. The van der Waals surface area contributed by atoms with Crippen molar-refractivity contribution in [3.63, 3.8) is 0 Å². The molecule has 1 spiro atoms. The van der Waals surface area contributed by atoms with Gasteiger partial charge in [0.25, 0.3) is 0 Å². The number of hydrogen-bond acceptors (Lipinski definition) is 5. The van der Waals surface area contributed by atoms with Crippen LogP contribution >= 0.6 is 0 Å². The van der Waals surface area contributed by atoms with E-state index in [-0.39, 0.29) is 30.9 Å². The van der Waals surface area contributed by atoms with E-state index in [9.17, 15) is 35.5 Å². The normalized spacial score (nSPS) is 19.8. The van der Waals surface area contributed by atoms with Gasteiger partial charge in [0.15, 0.2) is 17.0 Å². The number of urea groups is 1. The molecule has 0 bridgehead atoms. The third kappa shape index (κ3) is 4.81. The fraction of sp³-hybridized carbons (Fsp3) is 0.435. The minimum atomic E-state index is -4.94. The summed E-state index contributed by atoms with van der Waals surface area (Å²) in [4.78, 5) is 18.7. The van der Waals surface area contributed by atoms with E-state index >= 15 is 0 Å². The fourth-order valence-electron chi connectivity index (χ4n) is 4.95. The molecule has 4 heterocycles. The van der Waals surface area contributed by atoms with E-state index in [0.717, 1.165) is 0 Å². The van der Waals surface area contributed by atoms with Crippen molar-refractivity contribution < 1.29 is 39.6 Å². The van der Waals surface area contributed by atoms with Gasteiger partial charge >= 0.3 is 18.4 Å². The van der Waals surface area contributed by atoms with Crippen LogP contribution in [0.5, 0.6) is 0 Å². The molecule has 2 N–H and O–H groups in total. The van der Waals surface area contributed by atoms with Crippen LogP contribution in [0.1, 0.15) is 27.1 Å². The average Bonchev–Trinajstić information content (AvgIpc) is 3.23. The number of carbonyl (C=O) groups is 1. The Labute approximate surface area is 215 Å².